The second-order valence-corrected chi connectivity index (χ2v) is 4.61. The zero-order valence-electron chi connectivity index (χ0n) is 9.23. The Morgan fingerprint density at radius 1 is 1.42 bits per heavy atom. The van der Waals surface area contributed by atoms with E-state index in [-0.39, 0.29) is 22.2 Å². The summed E-state index contributed by atoms with van der Waals surface area (Å²) in [6.45, 7) is 0. The molecule has 0 aliphatic heterocycles. The van der Waals surface area contributed by atoms with Crippen molar-refractivity contribution in [2.45, 2.75) is 10.4 Å². The highest BCUT2D eigenvalue weighted by Gasteiger charge is 2.30. The van der Waals surface area contributed by atoms with Crippen LogP contribution >= 0.6 is 11.8 Å². The normalized spacial score (nSPS) is 12.4. The van der Waals surface area contributed by atoms with Crippen LogP contribution in [0.2, 0.25) is 0 Å². The van der Waals surface area contributed by atoms with E-state index in [4.69, 9.17) is 5.11 Å². The molecule has 8 heteroatoms. The molecule has 2 N–H and O–H groups in total. The van der Waals surface area contributed by atoms with Crippen molar-refractivity contribution < 1.29 is 23.1 Å². The number of nitrogens with one attached hydrogen (secondary N) is 1. The van der Waals surface area contributed by atoms with Gasteiger partial charge >= 0.3 is 11.5 Å². The molecule has 0 amide bonds. The first-order chi connectivity index (χ1) is 8.87. The topological polar surface area (TPSA) is 66.0 Å². The summed E-state index contributed by atoms with van der Waals surface area (Å²) in [5, 5.41) is 8.54. The minimum atomic E-state index is -4.39. The quantitative estimate of drug-likeness (QED) is 0.672. The number of rotatable bonds is 3. The number of halogens is 3. The average Bonchev–Trinajstić information content (AvgIpc) is 2.75. The number of carbonyl (C=O) groups is 1. The molecule has 0 aliphatic carbocycles. The summed E-state index contributed by atoms with van der Waals surface area (Å²) >= 11 is -0.244. The third-order valence-electron chi connectivity index (χ3n) is 2.20. The zero-order chi connectivity index (χ0) is 14.0. The van der Waals surface area contributed by atoms with Gasteiger partial charge in [0.1, 0.15) is 0 Å². The number of benzene rings is 1. The zero-order valence-corrected chi connectivity index (χ0v) is 10.0. The molecular weight excluding hydrogens is 281 g/mol. The van der Waals surface area contributed by atoms with Gasteiger partial charge in [-0.15, -0.1) is 0 Å². The number of hydrogen-bond donors (Lipinski definition) is 2. The van der Waals surface area contributed by atoms with Crippen molar-refractivity contribution >= 4 is 34.8 Å². The molecule has 0 saturated carbocycles. The first-order valence-corrected chi connectivity index (χ1v) is 5.81. The first-order valence-electron chi connectivity index (χ1n) is 4.99. The fourth-order valence-corrected chi connectivity index (χ4v) is 2.18. The van der Waals surface area contributed by atoms with Crippen LogP contribution < -0.4 is 0 Å². The number of imidazole rings is 1. The van der Waals surface area contributed by atoms with Gasteiger partial charge in [-0.2, -0.15) is 13.2 Å². The summed E-state index contributed by atoms with van der Waals surface area (Å²) in [7, 11) is 0. The van der Waals surface area contributed by atoms with Crippen LogP contribution in [0.4, 0.5) is 13.2 Å². The second-order valence-electron chi connectivity index (χ2n) is 3.50. The number of carboxylic acid groups (broad SMARTS) is 1. The molecular formula is C11H7F3N2O2S. The Balaban J connectivity index is 2.47. The van der Waals surface area contributed by atoms with Gasteiger partial charge in [-0.05, 0) is 23.9 Å². The van der Waals surface area contributed by atoms with Crippen LogP contribution in [-0.4, -0.2) is 26.6 Å². The molecule has 1 heterocycles. The Bertz CT molecular complexity index is 649. The lowest BCUT2D eigenvalue weighted by Gasteiger charge is -2.07. The predicted molar refractivity (Wildman–Crippen MR) is 64.7 cm³/mol. The Hall–Kier alpha value is -1.96. The van der Waals surface area contributed by atoms with Crippen LogP contribution in [-0.2, 0) is 4.79 Å². The monoisotopic (exact) mass is 288 g/mol. The van der Waals surface area contributed by atoms with Gasteiger partial charge in [0.15, 0.2) is 0 Å². The smallest absolute Gasteiger partial charge is 0.446 e. The van der Waals surface area contributed by atoms with Crippen LogP contribution in [0, 0.1) is 0 Å². The number of H-pyrrole nitrogens is 1. The summed E-state index contributed by atoms with van der Waals surface area (Å²) in [6, 6.07) is 2.68. The molecule has 0 bridgehead atoms. The van der Waals surface area contributed by atoms with E-state index in [2.05, 4.69) is 9.97 Å². The van der Waals surface area contributed by atoms with Gasteiger partial charge in [0.05, 0.1) is 17.4 Å². The molecule has 4 nitrogen and oxygen atoms in total. The van der Waals surface area contributed by atoms with Crippen molar-refractivity contribution in [3.8, 4) is 0 Å². The largest absolute Gasteiger partial charge is 0.478 e. The minimum Gasteiger partial charge on any atom is -0.478 e. The van der Waals surface area contributed by atoms with Crippen molar-refractivity contribution in [3.63, 3.8) is 0 Å². The van der Waals surface area contributed by atoms with Crippen LogP contribution in [0.25, 0.3) is 17.1 Å². The fourth-order valence-electron chi connectivity index (χ4n) is 1.53. The summed E-state index contributed by atoms with van der Waals surface area (Å²) in [5.74, 6) is -1.14. The van der Waals surface area contributed by atoms with E-state index in [9.17, 15) is 18.0 Å². The second kappa shape index (κ2) is 4.96. The first kappa shape index (κ1) is 13.5. The SMILES string of the molecule is O=C(O)C=Cc1ccc(SC(F)(F)F)c2[nH]cnc12. The van der Waals surface area contributed by atoms with E-state index < -0.39 is 11.5 Å². The Morgan fingerprint density at radius 2 is 2.16 bits per heavy atom. The fraction of sp³-hybridized carbons (Fsp3) is 0.0909. The van der Waals surface area contributed by atoms with Crippen LogP contribution in [0.1, 0.15) is 5.56 Å². The number of thioether (sulfide) groups is 1. The van der Waals surface area contributed by atoms with Gasteiger partial charge in [-0.3, -0.25) is 0 Å². The Labute approximate surface area is 109 Å². The van der Waals surface area contributed by atoms with E-state index in [0.29, 0.717) is 11.1 Å². The van der Waals surface area contributed by atoms with Crippen molar-refractivity contribution in [1.29, 1.82) is 0 Å². The number of aromatic nitrogens is 2. The average molecular weight is 288 g/mol. The summed E-state index contributed by atoms with van der Waals surface area (Å²) < 4.78 is 37.1. The van der Waals surface area contributed by atoms with E-state index in [0.717, 1.165) is 6.08 Å². The maximum Gasteiger partial charge on any atom is 0.446 e. The lowest BCUT2D eigenvalue weighted by Crippen LogP contribution is -1.99. The van der Waals surface area contributed by atoms with E-state index in [1.807, 2.05) is 0 Å². The highest BCUT2D eigenvalue weighted by molar-refractivity contribution is 8.00. The number of alkyl halides is 3. The summed E-state index contributed by atoms with van der Waals surface area (Å²) in [4.78, 5) is 17.0. The molecule has 100 valence electrons. The van der Waals surface area contributed by atoms with Crippen molar-refractivity contribution in [3.05, 3.63) is 30.1 Å². The molecule has 0 aliphatic rings. The third kappa shape index (κ3) is 3.28. The van der Waals surface area contributed by atoms with Crippen molar-refractivity contribution in [2.75, 3.05) is 0 Å². The minimum absolute atomic E-state index is 0.00697. The van der Waals surface area contributed by atoms with Gasteiger partial charge < -0.3 is 10.1 Å². The molecule has 1 aromatic heterocycles. The maximum atomic E-state index is 12.4. The molecule has 0 saturated heterocycles. The highest BCUT2D eigenvalue weighted by Crippen LogP contribution is 2.40. The van der Waals surface area contributed by atoms with Gasteiger partial charge in [-0.1, -0.05) is 6.07 Å². The molecule has 2 aromatic rings. The van der Waals surface area contributed by atoms with Crippen LogP contribution in [0.5, 0.6) is 0 Å². The standard InChI is InChI=1S/C11H7F3N2O2S/c12-11(13,14)19-7-3-1-6(2-4-8(17)18)9-10(7)16-5-15-9/h1-5H,(H,15,16)(H,17,18). The number of fused-ring (bicyclic) bond motifs is 1. The molecule has 0 atom stereocenters. The summed E-state index contributed by atoms with van der Waals surface area (Å²) in [6.07, 6.45) is 3.46. The van der Waals surface area contributed by atoms with Gasteiger partial charge in [0.25, 0.3) is 0 Å². The van der Waals surface area contributed by atoms with Crippen LogP contribution in [0.3, 0.4) is 0 Å². The number of carboxylic acids is 1. The Morgan fingerprint density at radius 3 is 2.79 bits per heavy atom. The molecule has 1 aromatic carbocycles. The summed E-state index contributed by atoms with van der Waals surface area (Å²) in [5.41, 5.74) is -3.43. The molecule has 0 radical (unpaired) electrons. The van der Waals surface area contributed by atoms with E-state index in [1.54, 1.807) is 0 Å². The number of hydrogen-bond acceptors (Lipinski definition) is 3. The third-order valence-corrected chi connectivity index (χ3v) is 3.00. The van der Waals surface area contributed by atoms with Crippen molar-refractivity contribution in [1.82, 2.24) is 9.97 Å². The highest BCUT2D eigenvalue weighted by atomic mass is 32.2. The van der Waals surface area contributed by atoms with Gasteiger partial charge in [0.2, 0.25) is 0 Å². The molecule has 2 rings (SSSR count). The predicted octanol–water partition coefficient (Wildman–Crippen LogP) is 3.27. The van der Waals surface area contributed by atoms with Crippen molar-refractivity contribution in [2.24, 2.45) is 0 Å². The lowest BCUT2D eigenvalue weighted by atomic mass is 10.1. The maximum absolute atomic E-state index is 12.4. The number of aliphatic carboxylic acids is 1. The molecule has 0 spiro atoms. The van der Waals surface area contributed by atoms with Gasteiger partial charge in [-0.25, -0.2) is 9.78 Å². The van der Waals surface area contributed by atoms with Gasteiger partial charge in [0, 0.05) is 16.5 Å². The number of aromatic amines is 1. The Kier molecular flexibility index (Phi) is 3.52. The molecule has 19 heavy (non-hydrogen) atoms. The lowest BCUT2D eigenvalue weighted by molar-refractivity contribution is -0.131. The number of nitrogens with zero attached hydrogens (tertiary/aromatic N) is 1. The van der Waals surface area contributed by atoms with Crippen LogP contribution in [0.15, 0.2) is 29.4 Å². The van der Waals surface area contributed by atoms with E-state index >= 15 is 0 Å². The molecule has 0 unspecified atom stereocenters. The van der Waals surface area contributed by atoms with E-state index in [1.165, 1.54) is 24.5 Å². The molecule has 0 fully saturated rings.